The first-order chi connectivity index (χ1) is 15.2. The van der Waals surface area contributed by atoms with E-state index in [1.807, 2.05) is 4.90 Å². The Morgan fingerprint density at radius 3 is 2.84 bits per heavy atom. The van der Waals surface area contributed by atoms with Crippen molar-refractivity contribution in [3.63, 3.8) is 0 Å². The van der Waals surface area contributed by atoms with Gasteiger partial charge in [0.05, 0.1) is 5.69 Å². The number of hydrogen-bond donors (Lipinski definition) is 0. The lowest BCUT2D eigenvalue weighted by molar-refractivity contribution is 0.0593. The maximum Gasteiger partial charge on any atom is 0.267 e. The van der Waals surface area contributed by atoms with Crippen LogP contribution in [-0.2, 0) is 19.4 Å². The maximum atomic E-state index is 13.3. The van der Waals surface area contributed by atoms with Gasteiger partial charge in [-0.3, -0.25) is 9.59 Å². The number of aromatic nitrogens is 2. The lowest BCUT2D eigenvalue weighted by Crippen LogP contribution is -2.44. The Morgan fingerprint density at radius 1 is 1.03 bits per heavy atom. The van der Waals surface area contributed by atoms with Crippen LogP contribution in [0.25, 0.3) is 0 Å². The number of carbonyl (C=O) groups excluding carboxylic acids is 1. The van der Waals surface area contributed by atoms with Crippen LogP contribution < -0.4 is 15.0 Å². The molecule has 1 unspecified atom stereocenters. The van der Waals surface area contributed by atoms with E-state index in [1.165, 1.54) is 6.42 Å². The molecule has 2 aromatic rings. The second-order valence-electron chi connectivity index (χ2n) is 8.74. The summed E-state index contributed by atoms with van der Waals surface area (Å²) in [7, 11) is 0. The fourth-order valence-corrected chi connectivity index (χ4v) is 4.97. The number of nitrogens with zero attached hydrogens (tertiary/aromatic N) is 3. The van der Waals surface area contributed by atoms with Gasteiger partial charge in [-0.1, -0.05) is 6.42 Å². The van der Waals surface area contributed by atoms with Crippen molar-refractivity contribution in [1.29, 1.82) is 0 Å². The van der Waals surface area contributed by atoms with Gasteiger partial charge in [0.1, 0.15) is 0 Å². The number of aryl methyl sites for hydroxylation is 3. The predicted molar refractivity (Wildman–Crippen MR) is 116 cm³/mol. The largest absolute Gasteiger partial charge is 0.454 e. The SMILES string of the molecule is O=C(c1ccc2c(c1)OCO2)N1CCCCC1CCn1nc2c(cc1=O)CCCCC2. The summed E-state index contributed by atoms with van der Waals surface area (Å²) >= 11 is 0. The number of rotatable bonds is 4. The fourth-order valence-electron chi connectivity index (χ4n) is 4.97. The molecule has 0 radical (unpaired) electrons. The Bertz CT molecular complexity index is 1030. The van der Waals surface area contributed by atoms with Gasteiger partial charge in [0.25, 0.3) is 11.5 Å². The molecule has 1 aliphatic carbocycles. The molecule has 0 bridgehead atoms. The van der Waals surface area contributed by atoms with Gasteiger partial charge in [-0.05, 0) is 75.1 Å². The van der Waals surface area contributed by atoms with Crippen LogP contribution in [0.5, 0.6) is 11.5 Å². The zero-order valence-corrected chi connectivity index (χ0v) is 17.8. The Hall–Kier alpha value is -2.83. The monoisotopic (exact) mass is 423 g/mol. The van der Waals surface area contributed by atoms with Crippen LogP contribution in [0, 0.1) is 0 Å². The van der Waals surface area contributed by atoms with E-state index in [0.29, 0.717) is 23.6 Å². The molecule has 0 N–H and O–H groups in total. The summed E-state index contributed by atoms with van der Waals surface area (Å²) in [6.07, 6.45) is 9.18. The van der Waals surface area contributed by atoms with Crippen molar-refractivity contribution in [3.05, 3.63) is 51.4 Å². The Balaban J connectivity index is 1.31. The topological polar surface area (TPSA) is 73.7 Å². The maximum absolute atomic E-state index is 13.3. The van der Waals surface area contributed by atoms with Crippen molar-refractivity contribution in [2.75, 3.05) is 13.3 Å². The molecule has 1 amide bonds. The first-order valence-electron chi connectivity index (χ1n) is 11.5. The summed E-state index contributed by atoms with van der Waals surface area (Å²) in [5.41, 5.74) is 2.80. The van der Waals surface area contributed by atoms with Gasteiger partial charge in [0, 0.05) is 30.8 Å². The van der Waals surface area contributed by atoms with E-state index in [4.69, 9.17) is 14.6 Å². The highest BCUT2D eigenvalue weighted by atomic mass is 16.7. The molecule has 1 atom stereocenters. The normalized spacial score (nSPS) is 20.3. The van der Waals surface area contributed by atoms with E-state index in [9.17, 15) is 9.59 Å². The Kier molecular flexibility index (Phi) is 5.66. The van der Waals surface area contributed by atoms with Gasteiger partial charge in [0.2, 0.25) is 6.79 Å². The van der Waals surface area contributed by atoms with Crippen LogP contribution in [0.4, 0.5) is 0 Å². The minimum absolute atomic E-state index is 0.0187. The third-order valence-corrected chi connectivity index (χ3v) is 6.71. The zero-order chi connectivity index (χ0) is 21.2. The first-order valence-corrected chi connectivity index (χ1v) is 11.5. The van der Waals surface area contributed by atoms with E-state index in [-0.39, 0.29) is 24.3 Å². The summed E-state index contributed by atoms with van der Waals surface area (Å²) in [6.45, 7) is 1.48. The van der Waals surface area contributed by atoms with Crippen LogP contribution in [0.2, 0.25) is 0 Å². The van der Waals surface area contributed by atoms with E-state index < -0.39 is 0 Å². The molecular weight excluding hydrogens is 394 g/mol. The molecule has 7 heteroatoms. The standard InChI is InChI=1S/C24H29N3O4/c28-23-15-17-6-2-1-3-8-20(17)25-27(23)13-11-19-7-4-5-12-26(19)24(29)18-9-10-21-22(14-18)31-16-30-21/h9-10,14-15,19H,1-8,11-13,16H2. The van der Waals surface area contributed by atoms with Crippen LogP contribution >= 0.6 is 0 Å². The minimum atomic E-state index is -0.0230. The summed E-state index contributed by atoms with van der Waals surface area (Å²) in [5.74, 6) is 1.32. The van der Waals surface area contributed by atoms with Crippen LogP contribution in [0.3, 0.4) is 0 Å². The third-order valence-electron chi connectivity index (χ3n) is 6.71. The lowest BCUT2D eigenvalue weighted by Gasteiger charge is -2.36. The fraction of sp³-hybridized carbons (Fsp3) is 0.542. The number of amides is 1. The van der Waals surface area contributed by atoms with E-state index in [1.54, 1.807) is 28.9 Å². The molecule has 0 spiro atoms. The summed E-state index contributed by atoms with van der Waals surface area (Å²) in [6, 6.07) is 7.27. The molecule has 31 heavy (non-hydrogen) atoms. The Morgan fingerprint density at radius 2 is 1.90 bits per heavy atom. The second kappa shape index (κ2) is 8.73. The average molecular weight is 424 g/mol. The van der Waals surface area contributed by atoms with Gasteiger partial charge in [-0.15, -0.1) is 0 Å². The van der Waals surface area contributed by atoms with Crippen molar-refractivity contribution in [3.8, 4) is 11.5 Å². The Labute approximate surface area is 182 Å². The van der Waals surface area contributed by atoms with Gasteiger partial charge >= 0.3 is 0 Å². The molecule has 2 aliphatic heterocycles. The van der Waals surface area contributed by atoms with Crippen LogP contribution in [-0.4, -0.2) is 40.0 Å². The molecule has 5 rings (SSSR count). The van der Waals surface area contributed by atoms with Crippen molar-refractivity contribution in [2.24, 2.45) is 0 Å². The molecule has 0 saturated carbocycles. The second-order valence-corrected chi connectivity index (χ2v) is 8.74. The summed E-state index contributed by atoms with van der Waals surface area (Å²) < 4.78 is 12.4. The van der Waals surface area contributed by atoms with Gasteiger partial charge < -0.3 is 14.4 Å². The smallest absolute Gasteiger partial charge is 0.267 e. The van der Waals surface area contributed by atoms with Crippen molar-refractivity contribution in [2.45, 2.75) is 70.4 Å². The van der Waals surface area contributed by atoms with Crippen molar-refractivity contribution >= 4 is 5.91 Å². The molecule has 1 fully saturated rings. The molecule has 1 aromatic heterocycles. The van der Waals surface area contributed by atoms with Crippen LogP contribution in [0.15, 0.2) is 29.1 Å². The number of ether oxygens (including phenoxy) is 2. The highest BCUT2D eigenvalue weighted by Crippen LogP contribution is 2.33. The number of benzene rings is 1. The highest BCUT2D eigenvalue weighted by molar-refractivity contribution is 5.95. The molecule has 1 aromatic carbocycles. The molecule has 3 heterocycles. The molecule has 1 saturated heterocycles. The van der Waals surface area contributed by atoms with Crippen molar-refractivity contribution in [1.82, 2.24) is 14.7 Å². The molecule has 7 nitrogen and oxygen atoms in total. The molecular formula is C24H29N3O4. The molecule has 164 valence electrons. The van der Waals surface area contributed by atoms with E-state index in [0.717, 1.165) is 69.2 Å². The van der Waals surface area contributed by atoms with Gasteiger partial charge in [0.15, 0.2) is 11.5 Å². The number of fused-ring (bicyclic) bond motifs is 2. The first kappa shape index (κ1) is 20.1. The lowest BCUT2D eigenvalue weighted by atomic mass is 9.98. The number of carbonyl (C=O) groups is 1. The minimum Gasteiger partial charge on any atom is -0.454 e. The number of likely N-dealkylation sites (tertiary alicyclic amines) is 1. The quantitative estimate of drug-likeness (QED) is 0.706. The van der Waals surface area contributed by atoms with E-state index >= 15 is 0 Å². The summed E-state index contributed by atoms with van der Waals surface area (Å²) in [4.78, 5) is 27.8. The number of piperidine rings is 1. The van der Waals surface area contributed by atoms with Gasteiger partial charge in [-0.2, -0.15) is 5.10 Å². The average Bonchev–Trinajstić information content (AvgIpc) is 3.15. The van der Waals surface area contributed by atoms with Crippen molar-refractivity contribution < 1.29 is 14.3 Å². The zero-order valence-electron chi connectivity index (χ0n) is 17.8. The molecule has 3 aliphatic rings. The number of hydrogen-bond acceptors (Lipinski definition) is 5. The van der Waals surface area contributed by atoms with Gasteiger partial charge in [-0.25, -0.2) is 4.68 Å². The summed E-state index contributed by atoms with van der Waals surface area (Å²) in [5, 5.41) is 4.69. The third kappa shape index (κ3) is 4.18. The highest BCUT2D eigenvalue weighted by Gasteiger charge is 2.28. The van der Waals surface area contributed by atoms with E-state index in [2.05, 4.69) is 0 Å². The van der Waals surface area contributed by atoms with Crippen LogP contribution in [0.1, 0.15) is 66.6 Å². The predicted octanol–water partition coefficient (Wildman–Crippen LogP) is 3.33.